The molecule has 0 aliphatic carbocycles. The van der Waals surface area contributed by atoms with Crippen molar-refractivity contribution in [2.45, 2.75) is 33.1 Å². The summed E-state index contributed by atoms with van der Waals surface area (Å²) in [5, 5.41) is 8.05. The summed E-state index contributed by atoms with van der Waals surface area (Å²) in [4.78, 5) is 2.38. The molecule has 1 atom stereocenters. The summed E-state index contributed by atoms with van der Waals surface area (Å²) in [6.45, 7) is 11.1. The Bertz CT molecular complexity index is 204. The van der Waals surface area contributed by atoms with Gasteiger partial charge in [0.15, 0.2) is 5.44 Å². The molecule has 0 heterocycles. The highest BCUT2D eigenvalue weighted by Crippen LogP contribution is 1.88. The van der Waals surface area contributed by atoms with Crippen LogP contribution in [0.1, 0.15) is 27.7 Å². The average molecular weight is 227 g/mol. The normalized spacial score (nSPS) is 13.4. The minimum absolute atomic E-state index is 0.968. The molecular formula is C8H21NO4S. The molecule has 0 saturated heterocycles. The molecule has 0 aromatic carbocycles. The fourth-order valence-corrected chi connectivity index (χ4v) is 0.671. The van der Waals surface area contributed by atoms with Crippen molar-refractivity contribution in [3.63, 3.8) is 0 Å². The zero-order chi connectivity index (χ0) is 11.8. The van der Waals surface area contributed by atoms with Crippen LogP contribution in [0, 0.1) is 0 Å². The lowest BCUT2D eigenvalue weighted by atomic mass is 10.5. The van der Waals surface area contributed by atoms with Crippen molar-refractivity contribution in [2.75, 3.05) is 19.6 Å². The Hall–Kier alpha value is -0.170. The fraction of sp³-hybridized carbons (Fsp3) is 1.00. The zero-order valence-corrected chi connectivity index (χ0v) is 10.1. The Kier molecular flexibility index (Phi) is 9.49. The van der Waals surface area contributed by atoms with Gasteiger partial charge in [-0.15, -0.1) is 0 Å². The highest BCUT2D eigenvalue weighted by molar-refractivity contribution is 7.86. The molecule has 0 fully saturated rings. The molecule has 0 aromatic heterocycles. The van der Waals surface area contributed by atoms with E-state index in [0.717, 1.165) is 6.92 Å². The first kappa shape index (κ1) is 16.3. The highest BCUT2D eigenvalue weighted by Gasteiger charge is 2.10. The summed E-state index contributed by atoms with van der Waals surface area (Å²) in [7, 11) is -4.19. The first-order valence-corrected chi connectivity index (χ1v) is 6.16. The molecule has 0 bridgehead atoms. The van der Waals surface area contributed by atoms with Crippen LogP contribution in [0.15, 0.2) is 0 Å². The van der Waals surface area contributed by atoms with Crippen molar-refractivity contribution in [3.8, 4) is 0 Å². The van der Waals surface area contributed by atoms with Gasteiger partial charge in [0.1, 0.15) is 0 Å². The minimum Gasteiger partial charge on any atom is -0.375 e. The van der Waals surface area contributed by atoms with Gasteiger partial charge >= 0.3 is 0 Å². The van der Waals surface area contributed by atoms with Crippen molar-refractivity contribution >= 4 is 10.1 Å². The van der Waals surface area contributed by atoms with Gasteiger partial charge in [0, 0.05) is 0 Å². The van der Waals surface area contributed by atoms with E-state index in [1.165, 1.54) is 19.6 Å². The first-order chi connectivity index (χ1) is 6.29. The fourth-order valence-electron chi connectivity index (χ4n) is 0.671. The predicted octanol–water partition coefficient (Wildman–Crippen LogP) is 0.561. The number of hydrogen-bond donors (Lipinski definition) is 2. The summed E-state index contributed by atoms with van der Waals surface area (Å²) >= 11 is 0. The van der Waals surface area contributed by atoms with Crippen molar-refractivity contribution in [1.29, 1.82) is 0 Å². The molecule has 5 nitrogen and oxygen atoms in total. The van der Waals surface area contributed by atoms with Gasteiger partial charge in [0.2, 0.25) is 0 Å². The van der Waals surface area contributed by atoms with Gasteiger partial charge in [-0.1, -0.05) is 20.8 Å². The number of rotatable bonds is 4. The van der Waals surface area contributed by atoms with Gasteiger partial charge in [0.25, 0.3) is 10.1 Å². The Morgan fingerprint density at radius 1 is 1.14 bits per heavy atom. The number of aliphatic hydroxyl groups is 1. The lowest BCUT2D eigenvalue weighted by Gasteiger charge is -2.13. The standard InChI is InChI=1S/C6H15N.C2H6O4S/c1-4-7(5-2)6-3;1-2(3)7(4,5)6/h4-6H2,1-3H3;2-3H,1H3,(H,4,5,6). The second-order valence-corrected chi connectivity index (χ2v) is 4.45. The van der Waals surface area contributed by atoms with Crippen molar-refractivity contribution < 1.29 is 18.1 Å². The monoisotopic (exact) mass is 227 g/mol. The van der Waals surface area contributed by atoms with Gasteiger partial charge in [-0.05, 0) is 26.6 Å². The maximum Gasteiger partial charge on any atom is 0.291 e. The lowest BCUT2D eigenvalue weighted by Crippen LogP contribution is -2.21. The zero-order valence-electron chi connectivity index (χ0n) is 9.27. The summed E-state index contributed by atoms with van der Waals surface area (Å²) in [5.41, 5.74) is -1.67. The molecule has 0 aromatic rings. The number of hydrogen-bond acceptors (Lipinski definition) is 4. The lowest BCUT2D eigenvalue weighted by molar-refractivity contribution is 0.252. The Morgan fingerprint density at radius 3 is 1.36 bits per heavy atom. The molecule has 0 amide bonds. The van der Waals surface area contributed by atoms with Gasteiger partial charge < -0.3 is 10.0 Å². The van der Waals surface area contributed by atoms with Crippen LogP contribution in [-0.2, 0) is 10.1 Å². The van der Waals surface area contributed by atoms with Crippen molar-refractivity contribution in [1.82, 2.24) is 4.90 Å². The Morgan fingerprint density at radius 2 is 1.36 bits per heavy atom. The first-order valence-electron chi connectivity index (χ1n) is 4.66. The predicted molar refractivity (Wildman–Crippen MR) is 56.7 cm³/mol. The molecular weight excluding hydrogens is 206 g/mol. The quantitative estimate of drug-likeness (QED) is 0.686. The van der Waals surface area contributed by atoms with E-state index in [1.807, 2.05) is 0 Å². The Labute approximate surface area is 86.5 Å². The smallest absolute Gasteiger partial charge is 0.291 e. The minimum atomic E-state index is -4.19. The second-order valence-electron chi connectivity index (χ2n) is 2.73. The van der Waals surface area contributed by atoms with E-state index < -0.39 is 15.6 Å². The van der Waals surface area contributed by atoms with E-state index in [0.29, 0.717) is 0 Å². The third-order valence-corrected chi connectivity index (χ3v) is 2.63. The van der Waals surface area contributed by atoms with Crippen LogP contribution in [0.3, 0.4) is 0 Å². The van der Waals surface area contributed by atoms with Crippen LogP contribution >= 0.6 is 0 Å². The van der Waals surface area contributed by atoms with E-state index in [1.54, 1.807) is 0 Å². The van der Waals surface area contributed by atoms with Crippen LogP contribution in [0.4, 0.5) is 0 Å². The molecule has 0 spiro atoms. The molecule has 14 heavy (non-hydrogen) atoms. The molecule has 0 rings (SSSR count). The van der Waals surface area contributed by atoms with Crippen LogP contribution in [0.5, 0.6) is 0 Å². The maximum absolute atomic E-state index is 9.64. The third kappa shape index (κ3) is 9.91. The Balaban J connectivity index is 0. The van der Waals surface area contributed by atoms with E-state index in [9.17, 15) is 8.42 Å². The van der Waals surface area contributed by atoms with Crippen LogP contribution in [0.25, 0.3) is 0 Å². The summed E-state index contributed by atoms with van der Waals surface area (Å²) < 4.78 is 27.1. The van der Waals surface area contributed by atoms with Crippen LogP contribution in [0.2, 0.25) is 0 Å². The van der Waals surface area contributed by atoms with Crippen LogP contribution < -0.4 is 0 Å². The second kappa shape index (κ2) is 8.16. The molecule has 1 unspecified atom stereocenters. The van der Waals surface area contributed by atoms with Gasteiger partial charge in [-0.3, -0.25) is 4.55 Å². The van der Waals surface area contributed by atoms with E-state index >= 15 is 0 Å². The molecule has 88 valence electrons. The van der Waals surface area contributed by atoms with Gasteiger partial charge in [-0.25, -0.2) is 0 Å². The van der Waals surface area contributed by atoms with Crippen LogP contribution in [-0.4, -0.2) is 48.0 Å². The largest absolute Gasteiger partial charge is 0.375 e. The highest BCUT2D eigenvalue weighted by atomic mass is 32.2. The van der Waals surface area contributed by atoms with Gasteiger partial charge in [0.05, 0.1) is 0 Å². The molecule has 0 saturated carbocycles. The summed E-state index contributed by atoms with van der Waals surface area (Å²) in [6.07, 6.45) is 0. The molecule has 6 heteroatoms. The van der Waals surface area contributed by atoms with Gasteiger partial charge in [-0.2, -0.15) is 8.42 Å². The van der Waals surface area contributed by atoms with E-state index in [2.05, 4.69) is 25.7 Å². The summed E-state index contributed by atoms with van der Waals surface area (Å²) in [6, 6.07) is 0. The SMILES string of the molecule is CC(O)S(=O)(=O)O.CCN(CC)CC. The van der Waals surface area contributed by atoms with E-state index in [-0.39, 0.29) is 0 Å². The maximum atomic E-state index is 9.64. The average Bonchev–Trinajstić information content (AvgIpc) is 2.07. The molecule has 0 aliphatic heterocycles. The van der Waals surface area contributed by atoms with Crippen molar-refractivity contribution in [3.05, 3.63) is 0 Å². The summed E-state index contributed by atoms with van der Waals surface area (Å²) in [5.74, 6) is 0. The van der Waals surface area contributed by atoms with Crippen molar-refractivity contribution in [2.24, 2.45) is 0 Å². The molecule has 2 N–H and O–H groups in total. The molecule has 0 aliphatic rings. The van der Waals surface area contributed by atoms with E-state index in [4.69, 9.17) is 9.66 Å². The number of aliphatic hydroxyl groups excluding tert-OH is 1. The molecule has 0 radical (unpaired) electrons. The topological polar surface area (TPSA) is 77.8 Å². The number of nitrogens with zero attached hydrogens (tertiary/aromatic N) is 1. The third-order valence-electron chi connectivity index (χ3n) is 1.77.